The highest BCUT2D eigenvalue weighted by molar-refractivity contribution is 14.1. The molecule has 5 heteroatoms. The second-order valence-corrected chi connectivity index (χ2v) is 5.77. The van der Waals surface area contributed by atoms with Gasteiger partial charge in [0.1, 0.15) is 6.10 Å². The molecular weight excluding hydrogens is 380 g/mol. The molecular formula is C15H12F3IO. The Hall–Kier alpha value is -1.08. The maximum absolute atomic E-state index is 12.6. The molecule has 0 aliphatic rings. The lowest BCUT2D eigenvalue weighted by Crippen LogP contribution is -2.08. The van der Waals surface area contributed by atoms with Gasteiger partial charge in [-0.3, -0.25) is 0 Å². The van der Waals surface area contributed by atoms with E-state index in [1.807, 2.05) is 12.1 Å². The van der Waals surface area contributed by atoms with Crippen molar-refractivity contribution in [2.24, 2.45) is 0 Å². The molecule has 0 fully saturated rings. The molecule has 0 spiro atoms. The van der Waals surface area contributed by atoms with Crippen LogP contribution < -0.4 is 0 Å². The van der Waals surface area contributed by atoms with Crippen LogP contribution in [0.15, 0.2) is 42.5 Å². The summed E-state index contributed by atoms with van der Waals surface area (Å²) in [6.07, 6.45) is -5.29. The smallest absolute Gasteiger partial charge is 0.384 e. The van der Waals surface area contributed by atoms with Crippen LogP contribution in [0, 0.1) is 10.5 Å². The number of rotatable bonds is 2. The zero-order valence-electron chi connectivity index (χ0n) is 10.6. The van der Waals surface area contributed by atoms with E-state index in [0.717, 1.165) is 15.7 Å². The van der Waals surface area contributed by atoms with E-state index in [9.17, 15) is 18.3 Å². The number of halogens is 4. The van der Waals surface area contributed by atoms with Gasteiger partial charge in [-0.15, -0.1) is 0 Å². The minimum atomic E-state index is -4.36. The molecule has 0 saturated heterocycles. The van der Waals surface area contributed by atoms with E-state index in [1.54, 1.807) is 19.1 Å². The average Bonchev–Trinajstić information content (AvgIpc) is 2.36. The Bertz CT molecular complexity index is 623. The molecule has 1 atom stereocenters. The lowest BCUT2D eigenvalue weighted by Gasteiger charge is -2.16. The summed E-state index contributed by atoms with van der Waals surface area (Å²) in [6.45, 7) is 1.57. The molecule has 0 aliphatic heterocycles. The van der Waals surface area contributed by atoms with Crippen molar-refractivity contribution in [3.8, 4) is 0 Å². The highest BCUT2D eigenvalue weighted by Gasteiger charge is 2.31. The summed E-state index contributed by atoms with van der Waals surface area (Å²) in [6, 6.07) is 10.6. The van der Waals surface area contributed by atoms with Crippen LogP contribution in [0.3, 0.4) is 0 Å². The van der Waals surface area contributed by atoms with Crippen LogP contribution in [0.4, 0.5) is 13.2 Å². The molecule has 2 aromatic rings. The van der Waals surface area contributed by atoms with Crippen LogP contribution in [-0.2, 0) is 6.18 Å². The molecule has 20 heavy (non-hydrogen) atoms. The number of benzene rings is 2. The van der Waals surface area contributed by atoms with Gasteiger partial charge in [0, 0.05) is 3.57 Å². The largest absolute Gasteiger partial charge is 0.416 e. The third-order valence-corrected chi connectivity index (χ3v) is 3.73. The lowest BCUT2D eigenvalue weighted by atomic mass is 9.96. The van der Waals surface area contributed by atoms with Gasteiger partial charge in [0.2, 0.25) is 0 Å². The van der Waals surface area contributed by atoms with Crippen LogP contribution in [0.25, 0.3) is 0 Å². The Balaban J connectivity index is 2.38. The topological polar surface area (TPSA) is 20.2 Å². The number of aliphatic hydroxyl groups is 1. The van der Waals surface area contributed by atoms with Gasteiger partial charge in [0.15, 0.2) is 0 Å². The summed E-state index contributed by atoms with van der Waals surface area (Å²) in [4.78, 5) is 0. The molecule has 0 amide bonds. The van der Waals surface area contributed by atoms with Gasteiger partial charge in [-0.25, -0.2) is 0 Å². The molecule has 0 aliphatic carbocycles. The summed E-state index contributed by atoms with van der Waals surface area (Å²) >= 11 is 2.12. The first kappa shape index (κ1) is 15.3. The standard InChI is InChI=1S/C15H12F3IO/c1-9-7-11(15(16,17)18)5-6-13(9)14(20)10-3-2-4-12(19)8-10/h2-8,14,20H,1H3. The Morgan fingerprint density at radius 3 is 2.35 bits per heavy atom. The first-order valence-electron chi connectivity index (χ1n) is 5.90. The quantitative estimate of drug-likeness (QED) is 0.735. The fraction of sp³-hybridized carbons (Fsp3) is 0.200. The van der Waals surface area contributed by atoms with Crippen molar-refractivity contribution in [1.82, 2.24) is 0 Å². The summed E-state index contributed by atoms with van der Waals surface area (Å²) in [5, 5.41) is 10.3. The number of alkyl halides is 3. The van der Waals surface area contributed by atoms with Crippen LogP contribution >= 0.6 is 22.6 Å². The van der Waals surface area contributed by atoms with Crippen molar-refractivity contribution in [2.45, 2.75) is 19.2 Å². The van der Waals surface area contributed by atoms with E-state index in [-0.39, 0.29) is 0 Å². The van der Waals surface area contributed by atoms with E-state index < -0.39 is 17.8 Å². The van der Waals surface area contributed by atoms with Crippen molar-refractivity contribution in [1.29, 1.82) is 0 Å². The summed E-state index contributed by atoms with van der Waals surface area (Å²) in [5.41, 5.74) is 0.875. The van der Waals surface area contributed by atoms with Crippen LogP contribution in [0.1, 0.15) is 28.4 Å². The minimum absolute atomic E-state index is 0.422. The van der Waals surface area contributed by atoms with Gasteiger partial charge in [0.25, 0.3) is 0 Å². The maximum atomic E-state index is 12.6. The van der Waals surface area contributed by atoms with Crippen molar-refractivity contribution >= 4 is 22.6 Å². The van der Waals surface area contributed by atoms with Crippen molar-refractivity contribution < 1.29 is 18.3 Å². The fourth-order valence-corrected chi connectivity index (χ4v) is 2.58. The van der Waals surface area contributed by atoms with E-state index >= 15 is 0 Å². The third kappa shape index (κ3) is 3.32. The minimum Gasteiger partial charge on any atom is -0.384 e. The number of hydrogen-bond acceptors (Lipinski definition) is 1. The Kier molecular flexibility index (Phi) is 4.39. The zero-order valence-corrected chi connectivity index (χ0v) is 12.7. The molecule has 2 aromatic carbocycles. The average molecular weight is 392 g/mol. The molecule has 1 unspecified atom stereocenters. The molecule has 1 nitrogen and oxygen atoms in total. The number of aryl methyl sites for hydroxylation is 1. The van der Waals surface area contributed by atoms with Crippen LogP contribution in [0.2, 0.25) is 0 Å². The molecule has 0 saturated carbocycles. The lowest BCUT2D eigenvalue weighted by molar-refractivity contribution is -0.137. The number of hydrogen-bond donors (Lipinski definition) is 1. The van der Waals surface area contributed by atoms with Crippen molar-refractivity contribution in [3.63, 3.8) is 0 Å². The second kappa shape index (κ2) is 5.73. The predicted octanol–water partition coefficient (Wildman–Crippen LogP) is 4.70. The van der Waals surface area contributed by atoms with Crippen molar-refractivity contribution in [3.05, 3.63) is 68.3 Å². The maximum Gasteiger partial charge on any atom is 0.416 e. The SMILES string of the molecule is Cc1cc(C(F)(F)F)ccc1C(O)c1cccc(I)c1. The second-order valence-electron chi connectivity index (χ2n) is 4.53. The van der Waals surface area contributed by atoms with E-state index in [1.165, 1.54) is 6.07 Å². The first-order chi connectivity index (χ1) is 9.29. The van der Waals surface area contributed by atoms with E-state index in [4.69, 9.17) is 0 Å². The molecule has 0 radical (unpaired) electrons. The molecule has 1 N–H and O–H groups in total. The fourth-order valence-electron chi connectivity index (χ4n) is 2.02. The zero-order chi connectivity index (χ0) is 14.9. The predicted molar refractivity (Wildman–Crippen MR) is 79.4 cm³/mol. The van der Waals surface area contributed by atoms with Gasteiger partial charge in [-0.2, -0.15) is 13.2 Å². The van der Waals surface area contributed by atoms with E-state index in [2.05, 4.69) is 22.6 Å². The van der Waals surface area contributed by atoms with Gasteiger partial charge in [-0.1, -0.05) is 18.2 Å². The summed E-state index contributed by atoms with van der Waals surface area (Å²) < 4.78 is 38.8. The molecule has 0 bridgehead atoms. The van der Waals surface area contributed by atoms with Gasteiger partial charge in [-0.05, 0) is 70.5 Å². The van der Waals surface area contributed by atoms with Crippen molar-refractivity contribution in [2.75, 3.05) is 0 Å². The molecule has 0 aromatic heterocycles. The van der Waals surface area contributed by atoms with E-state index in [0.29, 0.717) is 16.7 Å². The highest BCUT2D eigenvalue weighted by atomic mass is 127. The molecule has 2 rings (SSSR count). The first-order valence-corrected chi connectivity index (χ1v) is 6.98. The Morgan fingerprint density at radius 1 is 1.10 bits per heavy atom. The molecule has 106 valence electrons. The third-order valence-electron chi connectivity index (χ3n) is 3.06. The van der Waals surface area contributed by atoms with Gasteiger partial charge < -0.3 is 5.11 Å². The summed E-state index contributed by atoms with van der Waals surface area (Å²) in [5.74, 6) is 0. The molecule has 0 heterocycles. The van der Waals surface area contributed by atoms with Gasteiger partial charge >= 0.3 is 6.18 Å². The van der Waals surface area contributed by atoms with Crippen LogP contribution in [-0.4, -0.2) is 5.11 Å². The van der Waals surface area contributed by atoms with Crippen LogP contribution in [0.5, 0.6) is 0 Å². The Labute approximate surface area is 128 Å². The monoisotopic (exact) mass is 392 g/mol. The number of aliphatic hydroxyl groups excluding tert-OH is 1. The normalized spacial score (nSPS) is 13.3. The van der Waals surface area contributed by atoms with Gasteiger partial charge in [0.05, 0.1) is 5.56 Å². The highest BCUT2D eigenvalue weighted by Crippen LogP contribution is 2.33. The Morgan fingerprint density at radius 2 is 1.80 bits per heavy atom. The summed E-state index contributed by atoms with van der Waals surface area (Å²) in [7, 11) is 0.